The number of benzene rings is 1. The highest BCUT2D eigenvalue weighted by atomic mass is 16.5. The number of ether oxygens (including phenoxy) is 1. The Morgan fingerprint density at radius 3 is 2.48 bits per heavy atom. The fourth-order valence-electron chi connectivity index (χ4n) is 3.40. The highest BCUT2D eigenvalue weighted by Gasteiger charge is 2.20. The number of guanidine groups is 1. The van der Waals surface area contributed by atoms with Crippen molar-refractivity contribution in [1.82, 2.24) is 15.5 Å². The third-order valence-electron chi connectivity index (χ3n) is 4.82. The predicted octanol–water partition coefficient (Wildman–Crippen LogP) is 2.40. The van der Waals surface area contributed by atoms with Gasteiger partial charge < -0.3 is 25.4 Å². The number of rotatable bonds is 8. The van der Waals surface area contributed by atoms with Crippen LogP contribution >= 0.6 is 0 Å². The van der Waals surface area contributed by atoms with E-state index in [-0.39, 0.29) is 0 Å². The van der Waals surface area contributed by atoms with Gasteiger partial charge in [0.25, 0.3) is 0 Å². The van der Waals surface area contributed by atoms with Crippen molar-refractivity contribution in [2.75, 3.05) is 39.8 Å². The maximum absolute atomic E-state index is 10.4. The average Bonchev–Trinajstić information content (AvgIpc) is 2.67. The fraction of sp³-hybridized carbons (Fsp3) is 0.667. The first-order valence-electron chi connectivity index (χ1n) is 10.1. The number of aliphatic hydroxyl groups excluding tert-OH is 1. The van der Waals surface area contributed by atoms with Crippen LogP contribution in [-0.2, 0) is 0 Å². The molecule has 27 heavy (non-hydrogen) atoms. The van der Waals surface area contributed by atoms with Gasteiger partial charge in [0.15, 0.2) is 5.96 Å². The molecule has 1 heterocycles. The number of piperidine rings is 1. The van der Waals surface area contributed by atoms with Gasteiger partial charge in [-0.1, -0.05) is 26.0 Å². The van der Waals surface area contributed by atoms with E-state index in [1.54, 1.807) is 7.11 Å². The summed E-state index contributed by atoms with van der Waals surface area (Å²) in [4.78, 5) is 7.14. The monoisotopic (exact) mass is 376 g/mol. The summed E-state index contributed by atoms with van der Waals surface area (Å²) >= 11 is 0. The molecule has 1 aromatic carbocycles. The molecule has 0 amide bonds. The lowest BCUT2D eigenvalue weighted by Crippen LogP contribution is -2.49. The summed E-state index contributed by atoms with van der Waals surface area (Å²) in [7, 11) is 1.64. The molecule has 1 saturated heterocycles. The molecule has 1 atom stereocenters. The number of likely N-dealkylation sites (tertiary alicyclic amines) is 1. The Morgan fingerprint density at radius 2 is 1.93 bits per heavy atom. The third-order valence-corrected chi connectivity index (χ3v) is 4.82. The minimum atomic E-state index is -0.626. The smallest absolute Gasteiger partial charge is 0.191 e. The first kappa shape index (κ1) is 21.5. The van der Waals surface area contributed by atoms with E-state index < -0.39 is 6.10 Å². The second kappa shape index (κ2) is 11.1. The molecule has 0 aliphatic carbocycles. The summed E-state index contributed by atoms with van der Waals surface area (Å²) in [5.74, 6) is 2.29. The van der Waals surface area contributed by atoms with Crippen LogP contribution in [0.1, 0.15) is 45.3 Å². The number of aliphatic imine (C=N–C) groups is 1. The van der Waals surface area contributed by atoms with Crippen LogP contribution in [0.5, 0.6) is 5.75 Å². The van der Waals surface area contributed by atoms with Crippen LogP contribution in [0.15, 0.2) is 29.3 Å². The molecule has 1 aliphatic rings. The molecular weight excluding hydrogens is 340 g/mol. The molecule has 0 saturated carbocycles. The van der Waals surface area contributed by atoms with E-state index >= 15 is 0 Å². The number of nitrogens with one attached hydrogen (secondary N) is 2. The van der Waals surface area contributed by atoms with Crippen LogP contribution in [0, 0.1) is 5.92 Å². The molecule has 0 radical (unpaired) electrons. The van der Waals surface area contributed by atoms with E-state index in [0.717, 1.165) is 49.7 Å². The summed E-state index contributed by atoms with van der Waals surface area (Å²) in [6, 6.07) is 7.91. The second-order valence-corrected chi connectivity index (χ2v) is 7.62. The summed E-state index contributed by atoms with van der Waals surface area (Å²) in [6.07, 6.45) is 1.62. The van der Waals surface area contributed by atoms with Gasteiger partial charge in [-0.15, -0.1) is 0 Å². The normalized spacial score (nSPS) is 17.8. The number of hydrogen-bond donors (Lipinski definition) is 3. The van der Waals surface area contributed by atoms with Gasteiger partial charge in [-0.2, -0.15) is 0 Å². The second-order valence-electron chi connectivity index (χ2n) is 7.62. The molecule has 1 aliphatic heterocycles. The number of hydrogen-bond acceptors (Lipinski definition) is 4. The standard InChI is InChI=1S/C21H36N4O2/c1-5-22-21(24-18-10-12-25(13-11-18)15-16(2)3)23-14-20(26)17-6-8-19(27-4)9-7-17/h6-9,16,18,20,26H,5,10-15H2,1-4H3,(H2,22,23,24). The first-order chi connectivity index (χ1) is 13.0. The Bertz CT molecular complexity index is 566. The Morgan fingerprint density at radius 1 is 1.26 bits per heavy atom. The van der Waals surface area contributed by atoms with Gasteiger partial charge in [0.05, 0.1) is 19.8 Å². The topological polar surface area (TPSA) is 69.1 Å². The number of nitrogens with zero attached hydrogens (tertiary/aromatic N) is 2. The highest BCUT2D eigenvalue weighted by Crippen LogP contribution is 2.18. The van der Waals surface area contributed by atoms with E-state index in [1.165, 1.54) is 6.54 Å². The molecule has 1 fully saturated rings. The Labute approximate surface area is 164 Å². The minimum Gasteiger partial charge on any atom is -0.497 e. The maximum Gasteiger partial charge on any atom is 0.191 e. The lowest BCUT2D eigenvalue weighted by molar-refractivity contribution is 0.184. The lowest BCUT2D eigenvalue weighted by Gasteiger charge is -2.34. The van der Waals surface area contributed by atoms with E-state index in [4.69, 9.17) is 4.74 Å². The van der Waals surface area contributed by atoms with Gasteiger partial charge in [0, 0.05) is 32.2 Å². The zero-order valence-electron chi connectivity index (χ0n) is 17.2. The molecule has 6 heteroatoms. The largest absolute Gasteiger partial charge is 0.497 e. The molecule has 0 aromatic heterocycles. The summed E-state index contributed by atoms with van der Waals surface area (Å²) in [5, 5.41) is 17.2. The van der Waals surface area contributed by atoms with E-state index in [0.29, 0.717) is 18.5 Å². The van der Waals surface area contributed by atoms with Crippen LogP contribution in [0.2, 0.25) is 0 Å². The van der Waals surface area contributed by atoms with Crippen molar-refractivity contribution in [3.63, 3.8) is 0 Å². The van der Waals surface area contributed by atoms with Gasteiger partial charge in [-0.25, -0.2) is 0 Å². The van der Waals surface area contributed by atoms with E-state index in [2.05, 4.69) is 41.3 Å². The van der Waals surface area contributed by atoms with Crippen LogP contribution in [0.25, 0.3) is 0 Å². The van der Waals surface area contributed by atoms with Crippen LogP contribution in [0.4, 0.5) is 0 Å². The van der Waals surface area contributed by atoms with Crippen molar-refractivity contribution < 1.29 is 9.84 Å². The SMILES string of the molecule is CCNC(=NCC(O)c1ccc(OC)cc1)NC1CCN(CC(C)C)CC1. The Balaban J connectivity index is 1.86. The fourth-order valence-corrected chi connectivity index (χ4v) is 3.40. The minimum absolute atomic E-state index is 0.327. The van der Waals surface area contributed by atoms with Gasteiger partial charge in [0.2, 0.25) is 0 Å². The van der Waals surface area contributed by atoms with Crippen molar-refractivity contribution >= 4 is 5.96 Å². The zero-order chi connectivity index (χ0) is 19.6. The maximum atomic E-state index is 10.4. The average molecular weight is 377 g/mol. The first-order valence-corrected chi connectivity index (χ1v) is 10.1. The lowest BCUT2D eigenvalue weighted by atomic mass is 10.0. The summed E-state index contributed by atoms with van der Waals surface area (Å²) < 4.78 is 5.16. The van der Waals surface area contributed by atoms with Gasteiger partial charge in [-0.3, -0.25) is 4.99 Å². The predicted molar refractivity (Wildman–Crippen MR) is 111 cm³/mol. The zero-order valence-corrected chi connectivity index (χ0v) is 17.2. The molecule has 152 valence electrons. The van der Waals surface area contributed by atoms with Crippen LogP contribution in [-0.4, -0.2) is 61.8 Å². The summed E-state index contributed by atoms with van der Waals surface area (Å²) in [6.45, 7) is 11.2. The summed E-state index contributed by atoms with van der Waals surface area (Å²) in [5.41, 5.74) is 0.845. The van der Waals surface area contributed by atoms with Crippen molar-refractivity contribution in [3.8, 4) is 5.75 Å². The van der Waals surface area contributed by atoms with Crippen molar-refractivity contribution in [2.24, 2.45) is 10.9 Å². The van der Waals surface area contributed by atoms with Crippen molar-refractivity contribution in [2.45, 2.75) is 45.8 Å². The molecule has 0 bridgehead atoms. The quantitative estimate of drug-likeness (QED) is 0.480. The van der Waals surface area contributed by atoms with Crippen molar-refractivity contribution in [1.29, 1.82) is 0 Å². The molecule has 3 N–H and O–H groups in total. The van der Waals surface area contributed by atoms with Crippen LogP contribution in [0.3, 0.4) is 0 Å². The Kier molecular flexibility index (Phi) is 8.88. The molecule has 1 aromatic rings. The number of aliphatic hydroxyl groups is 1. The van der Waals surface area contributed by atoms with E-state index in [9.17, 15) is 5.11 Å². The van der Waals surface area contributed by atoms with Crippen molar-refractivity contribution in [3.05, 3.63) is 29.8 Å². The molecule has 0 spiro atoms. The number of methoxy groups -OCH3 is 1. The molecule has 1 unspecified atom stereocenters. The third kappa shape index (κ3) is 7.39. The van der Waals surface area contributed by atoms with Gasteiger partial charge in [-0.05, 0) is 43.4 Å². The van der Waals surface area contributed by atoms with Crippen LogP contribution < -0.4 is 15.4 Å². The van der Waals surface area contributed by atoms with E-state index in [1.807, 2.05) is 24.3 Å². The molecular formula is C21H36N4O2. The Hall–Kier alpha value is -1.79. The molecule has 2 rings (SSSR count). The van der Waals surface area contributed by atoms with Gasteiger partial charge in [0.1, 0.15) is 5.75 Å². The van der Waals surface area contributed by atoms with Gasteiger partial charge >= 0.3 is 0 Å². The highest BCUT2D eigenvalue weighted by molar-refractivity contribution is 5.80. The molecule has 6 nitrogen and oxygen atoms in total.